The predicted octanol–water partition coefficient (Wildman–Crippen LogP) is 3.36. The molecule has 0 aromatic carbocycles. The van der Waals surface area contributed by atoms with Crippen LogP contribution in [0.3, 0.4) is 0 Å². The van der Waals surface area contributed by atoms with E-state index in [1.807, 2.05) is 11.3 Å². The summed E-state index contributed by atoms with van der Waals surface area (Å²) in [6.45, 7) is 8.00. The highest BCUT2D eigenvalue weighted by Gasteiger charge is 2.32. The van der Waals surface area contributed by atoms with Crippen molar-refractivity contribution in [2.24, 2.45) is 11.8 Å². The molecule has 0 aliphatic heterocycles. The van der Waals surface area contributed by atoms with E-state index in [0.29, 0.717) is 6.04 Å². The van der Waals surface area contributed by atoms with Gasteiger partial charge in [0.1, 0.15) is 0 Å². The third-order valence-corrected chi connectivity index (χ3v) is 4.46. The van der Waals surface area contributed by atoms with E-state index >= 15 is 0 Å². The van der Waals surface area contributed by atoms with Crippen molar-refractivity contribution >= 4 is 11.3 Å². The van der Waals surface area contributed by atoms with Crippen molar-refractivity contribution in [1.29, 1.82) is 0 Å². The zero-order valence-electron chi connectivity index (χ0n) is 9.21. The third-order valence-electron chi connectivity index (χ3n) is 3.26. The first-order valence-corrected chi connectivity index (χ1v) is 6.34. The zero-order chi connectivity index (χ0) is 10.1. The van der Waals surface area contributed by atoms with Gasteiger partial charge in [-0.2, -0.15) is 0 Å². The van der Waals surface area contributed by atoms with Crippen LogP contribution in [0.2, 0.25) is 0 Å². The highest BCUT2D eigenvalue weighted by atomic mass is 32.1. The number of nitrogens with one attached hydrogen (secondary N) is 1. The maximum Gasteiger partial charge on any atom is 0.0388 e. The Balaban J connectivity index is 1.83. The summed E-state index contributed by atoms with van der Waals surface area (Å²) in [4.78, 5) is 1.50. The number of thiophene rings is 1. The Morgan fingerprint density at radius 2 is 2.36 bits per heavy atom. The third kappa shape index (κ3) is 2.18. The molecule has 3 unspecified atom stereocenters. The summed E-state index contributed by atoms with van der Waals surface area (Å²) in [5, 5.41) is 5.81. The fraction of sp³-hybridized carbons (Fsp3) is 0.667. The molecule has 1 saturated carbocycles. The maximum absolute atomic E-state index is 3.63. The van der Waals surface area contributed by atoms with Gasteiger partial charge in [0, 0.05) is 10.9 Å². The Morgan fingerprint density at radius 1 is 1.64 bits per heavy atom. The first kappa shape index (κ1) is 10.2. The molecule has 0 radical (unpaired) electrons. The van der Waals surface area contributed by atoms with Crippen LogP contribution in [0.4, 0.5) is 0 Å². The number of hydrogen-bond acceptors (Lipinski definition) is 2. The Morgan fingerprint density at radius 3 is 2.86 bits per heavy atom. The molecular formula is C12H19NS. The Hall–Kier alpha value is -0.340. The largest absolute Gasteiger partial charge is 0.309 e. The lowest BCUT2D eigenvalue weighted by molar-refractivity contribution is 0.539. The SMILES string of the molecule is Cc1ccsc1C(C)NCC1CC1C. The summed E-state index contributed by atoms with van der Waals surface area (Å²) >= 11 is 1.87. The van der Waals surface area contributed by atoms with Crippen LogP contribution < -0.4 is 5.32 Å². The lowest BCUT2D eigenvalue weighted by Crippen LogP contribution is -2.21. The van der Waals surface area contributed by atoms with Crippen LogP contribution in [0.5, 0.6) is 0 Å². The molecule has 0 spiro atoms. The Kier molecular flexibility index (Phi) is 2.93. The standard InChI is InChI=1S/C12H19NS/c1-8-4-5-14-12(8)10(3)13-7-11-6-9(11)2/h4-5,9-11,13H,6-7H2,1-3H3. The second-order valence-corrected chi connectivity index (χ2v) is 5.52. The van der Waals surface area contributed by atoms with Crippen molar-refractivity contribution in [3.05, 3.63) is 21.9 Å². The van der Waals surface area contributed by atoms with Crippen molar-refractivity contribution < 1.29 is 0 Å². The highest BCUT2D eigenvalue weighted by Crippen LogP contribution is 2.37. The molecule has 1 aliphatic carbocycles. The molecule has 2 heteroatoms. The summed E-state index contributed by atoms with van der Waals surface area (Å²) in [6, 6.07) is 2.74. The first-order valence-electron chi connectivity index (χ1n) is 5.46. The lowest BCUT2D eigenvalue weighted by Gasteiger charge is -2.13. The van der Waals surface area contributed by atoms with Crippen LogP contribution in [-0.2, 0) is 0 Å². The van der Waals surface area contributed by atoms with Gasteiger partial charge in [-0.1, -0.05) is 6.92 Å². The molecule has 1 N–H and O–H groups in total. The number of rotatable bonds is 4. The molecule has 2 rings (SSSR count). The Bertz CT molecular complexity index is 305. The van der Waals surface area contributed by atoms with Gasteiger partial charge in [-0.3, -0.25) is 0 Å². The van der Waals surface area contributed by atoms with E-state index in [0.717, 1.165) is 11.8 Å². The van der Waals surface area contributed by atoms with Gasteiger partial charge in [-0.25, -0.2) is 0 Å². The topological polar surface area (TPSA) is 12.0 Å². The van der Waals surface area contributed by atoms with E-state index in [2.05, 4.69) is 37.5 Å². The highest BCUT2D eigenvalue weighted by molar-refractivity contribution is 7.10. The average molecular weight is 209 g/mol. The van der Waals surface area contributed by atoms with Gasteiger partial charge in [-0.05, 0) is 55.7 Å². The minimum Gasteiger partial charge on any atom is -0.309 e. The predicted molar refractivity (Wildman–Crippen MR) is 62.7 cm³/mol. The van der Waals surface area contributed by atoms with Crippen molar-refractivity contribution in [2.45, 2.75) is 33.2 Å². The second kappa shape index (κ2) is 4.03. The molecule has 3 atom stereocenters. The van der Waals surface area contributed by atoms with Crippen LogP contribution >= 0.6 is 11.3 Å². The molecule has 78 valence electrons. The molecule has 1 fully saturated rings. The molecule has 1 nitrogen and oxygen atoms in total. The van der Waals surface area contributed by atoms with Crippen molar-refractivity contribution in [3.63, 3.8) is 0 Å². The summed E-state index contributed by atoms with van der Waals surface area (Å²) in [5.41, 5.74) is 1.43. The quantitative estimate of drug-likeness (QED) is 0.801. The van der Waals surface area contributed by atoms with Gasteiger partial charge in [0.15, 0.2) is 0 Å². The van der Waals surface area contributed by atoms with Gasteiger partial charge < -0.3 is 5.32 Å². The fourth-order valence-corrected chi connectivity index (χ4v) is 2.89. The molecule has 0 saturated heterocycles. The summed E-state index contributed by atoms with van der Waals surface area (Å²) in [7, 11) is 0. The summed E-state index contributed by atoms with van der Waals surface area (Å²) in [5.74, 6) is 1.90. The molecule has 14 heavy (non-hydrogen) atoms. The fourth-order valence-electron chi connectivity index (χ4n) is 1.93. The van der Waals surface area contributed by atoms with E-state index in [4.69, 9.17) is 0 Å². The van der Waals surface area contributed by atoms with E-state index in [1.54, 1.807) is 0 Å². The van der Waals surface area contributed by atoms with Gasteiger partial charge in [0.2, 0.25) is 0 Å². The molecule has 0 amide bonds. The van der Waals surface area contributed by atoms with Crippen LogP contribution in [0, 0.1) is 18.8 Å². The maximum atomic E-state index is 3.63. The smallest absolute Gasteiger partial charge is 0.0388 e. The van der Waals surface area contributed by atoms with Crippen LogP contribution in [0.15, 0.2) is 11.4 Å². The second-order valence-electron chi connectivity index (χ2n) is 4.57. The average Bonchev–Trinajstić information content (AvgIpc) is 2.67. The minimum absolute atomic E-state index is 0.530. The lowest BCUT2D eigenvalue weighted by atomic mass is 10.2. The zero-order valence-corrected chi connectivity index (χ0v) is 10.0. The van der Waals surface area contributed by atoms with Crippen molar-refractivity contribution in [1.82, 2.24) is 5.32 Å². The molecule has 0 bridgehead atoms. The van der Waals surface area contributed by atoms with Crippen LogP contribution in [-0.4, -0.2) is 6.54 Å². The van der Waals surface area contributed by atoms with E-state index < -0.39 is 0 Å². The number of hydrogen-bond donors (Lipinski definition) is 1. The molecule has 1 aliphatic rings. The van der Waals surface area contributed by atoms with E-state index in [1.165, 1.54) is 23.4 Å². The van der Waals surface area contributed by atoms with Gasteiger partial charge >= 0.3 is 0 Å². The molecule has 1 aromatic heterocycles. The monoisotopic (exact) mass is 209 g/mol. The van der Waals surface area contributed by atoms with Crippen molar-refractivity contribution in [3.8, 4) is 0 Å². The molecule has 1 heterocycles. The van der Waals surface area contributed by atoms with Crippen LogP contribution in [0.25, 0.3) is 0 Å². The van der Waals surface area contributed by atoms with Crippen LogP contribution in [0.1, 0.15) is 36.8 Å². The molecule has 1 aromatic rings. The summed E-state index contributed by atoms with van der Waals surface area (Å²) < 4.78 is 0. The van der Waals surface area contributed by atoms with Crippen molar-refractivity contribution in [2.75, 3.05) is 6.54 Å². The normalized spacial score (nSPS) is 27.6. The van der Waals surface area contributed by atoms with Gasteiger partial charge in [0.05, 0.1) is 0 Å². The van der Waals surface area contributed by atoms with E-state index in [9.17, 15) is 0 Å². The summed E-state index contributed by atoms with van der Waals surface area (Å²) in [6.07, 6.45) is 1.42. The minimum atomic E-state index is 0.530. The first-order chi connectivity index (χ1) is 6.68. The Labute approximate surface area is 90.5 Å². The molecular weight excluding hydrogens is 190 g/mol. The van der Waals surface area contributed by atoms with E-state index in [-0.39, 0.29) is 0 Å². The van der Waals surface area contributed by atoms with Gasteiger partial charge in [-0.15, -0.1) is 11.3 Å². The number of aryl methyl sites for hydroxylation is 1. The van der Waals surface area contributed by atoms with Gasteiger partial charge in [0.25, 0.3) is 0 Å².